The van der Waals surface area contributed by atoms with Gasteiger partial charge in [-0.3, -0.25) is 4.79 Å². The van der Waals surface area contributed by atoms with E-state index in [0.29, 0.717) is 0 Å². The van der Waals surface area contributed by atoms with E-state index in [1.54, 1.807) is 0 Å². The summed E-state index contributed by atoms with van der Waals surface area (Å²) in [6.45, 7) is 1.85. The highest BCUT2D eigenvalue weighted by Gasteiger charge is 2.16. The maximum atomic E-state index is 11.3. The van der Waals surface area contributed by atoms with Gasteiger partial charge in [0.05, 0.1) is 0 Å². The Morgan fingerprint density at radius 1 is 1.12 bits per heavy atom. The van der Waals surface area contributed by atoms with E-state index in [2.05, 4.69) is 0 Å². The van der Waals surface area contributed by atoms with Crippen molar-refractivity contribution < 1.29 is 9.21 Å². The lowest BCUT2D eigenvalue weighted by Crippen LogP contribution is -2.10. The molecule has 0 saturated heterocycles. The molecular formula is C14H11NO2. The molecule has 17 heavy (non-hydrogen) atoms. The molecule has 0 unspecified atom stereocenters. The van der Waals surface area contributed by atoms with Gasteiger partial charge in [-0.2, -0.15) is 0 Å². The molecule has 0 aliphatic heterocycles. The van der Waals surface area contributed by atoms with Crippen LogP contribution < -0.4 is 5.73 Å². The normalized spacial score (nSPS) is 11.1. The predicted octanol–water partition coefficient (Wildman–Crippen LogP) is 2.99. The molecule has 3 nitrogen and oxygen atoms in total. The molecule has 3 heteroatoms. The van der Waals surface area contributed by atoms with Crippen LogP contribution >= 0.6 is 0 Å². The second-order valence-corrected chi connectivity index (χ2v) is 4.08. The minimum atomic E-state index is -0.525. The number of fused-ring (bicyclic) bond motifs is 3. The zero-order valence-corrected chi connectivity index (χ0v) is 9.36. The van der Waals surface area contributed by atoms with Crippen LogP contribution in [0.1, 0.15) is 16.1 Å². The van der Waals surface area contributed by atoms with Crippen molar-refractivity contribution in [2.45, 2.75) is 6.92 Å². The summed E-state index contributed by atoms with van der Waals surface area (Å²) in [4.78, 5) is 11.3. The van der Waals surface area contributed by atoms with Crippen LogP contribution in [0.5, 0.6) is 0 Å². The van der Waals surface area contributed by atoms with Crippen LogP contribution in [-0.4, -0.2) is 5.91 Å². The van der Waals surface area contributed by atoms with Crippen molar-refractivity contribution in [1.29, 1.82) is 0 Å². The van der Waals surface area contributed by atoms with E-state index >= 15 is 0 Å². The smallest absolute Gasteiger partial charge is 0.284 e. The van der Waals surface area contributed by atoms with Crippen molar-refractivity contribution >= 4 is 27.6 Å². The number of furan rings is 1. The van der Waals surface area contributed by atoms with Crippen molar-refractivity contribution in [1.82, 2.24) is 0 Å². The number of carbonyl (C=O) groups is 1. The van der Waals surface area contributed by atoms with Gasteiger partial charge in [0.1, 0.15) is 5.58 Å². The summed E-state index contributed by atoms with van der Waals surface area (Å²) in [5, 5.41) is 3.03. The van der Waals surface area contributed by atoms with E-state index in [-0.39, 0.29) is 5.76 Å². The van der Waals surface area contributed by atoms with E-state index < -0.39 is 5.91 Å². The minimum Gasteiger partial charge on any atom is -0.450 e. The van der Waals surface area contributed by atoms with E-state index in [1.807, 2.05) is 43.3 Å². The molecule has 0 spiro atoms. The van der Waals surface area contributed by atoms with Crippen molar-refractivity contribution in [3.63, 3.8) is 0 Å². The summed E-state index contributed by atoms with van der Waals surface area (Å²) in [6.07, 6.45) is 0. The molecule has 2 N–H and O–H groups in total. The number of aryl methyl sites for hydroxylation is 1. The molecule has 1 aromatic heterocycles. The summed E-state index contributed by atoms with van der Waals surface area (Å²) in [7, 11) is 0. The number of nitrogens with two attached hydrogens (primary N) is 1. The standard InChI is InChI=1S/C14H11NO2/c1-8-10-7-6-9-4-2-3-5-11(9)13(10)17-12(8)14(15)16/h2-7H,1H3,(H2,15,16). The highest BCUT2D eigenvalue weighted by molar-refractivity contribution is 6.08. The summed E-state index contributed by atoms with van der Waals surface area (Å²) in [6, 6.07) is 11.9. The lowest BCUT2D eigenvalue weighted by atomic mass is 10.1. The van der Waals surface area contributed by atoms with E-state index in [4.69, 9.17) is 10.2 Å². The molecule has 1 amide bonds. The molecule has 0 saturated carbocycles. The van der Waals surface area contributed by atoms with Crippen LogP contribution in [-0.2, 0) is 0 Å². The Morgan fingerprint density at radius 3 is 2.65 bits per heavy atom. The molecular weight excluding hydrogens is 214 g/mol. The first-order chi connectivity index (χ1) is 8.18. The third-order valence-electron chi connectivity index (χ3n) is 3.05. The van der Waals surface area contributed by atoms with Gasteiger partial charge in [-0.15, -0.1) is 0 Å². The first-order valence-corrected chi connectivity index (χ1v) is 5.39. The topological polar surface area (TPSA) is 56.2 Å². The van der Waals surface area contributed by atoms with Crippen molar-refractivity contribution in [3.05, 3.63) is 47.7 Å². The third-order valence-corrected chi connectivity index (χ3v) is 3.05. The van der Waals surface area contributed by atoms with E-state index in [0.717, 1.165) is 27.3 Å². The Labute approximate surface area is 97.8 Å². The predicted molar refractivity (Wildman–Crippen MR) is 67.0 cm³/mol. The molecule has 0 atom stereocenters. The maximum Gasteiger partial charge on any atom is 0.284 e. The van der Waals surface area contributed by atoms with E-state index in [9.17, 15) is 4.79 Å². The number of hydrogen-bond acceptors (Lipinski definition) is 2. The first-order valence-electron chi connectivity index (χ1n) is 5.39. The monoisotopic (exact) mass is 225 g/mol. The van der Waals surface area contributed by atoms with Crippen molar-refractivity contribution in [3.8, 4) is 0 Å². The maximum absolute atomic E-state index is 11.3. The average molecular weight is 225 g/mol. The third kappa shape index (κ3) is 1.32. The molecule has 0 bridgehead atoms. The Hall–Kier alpha value is -2.29. The number of hydrogen-bond donors (Lipinski definition) is 1. The van der Waals surface area contributed by atoms with Gasteiger partial charge in [-0.25, -0.2) is 0 Å². The van der Waals surface area contributed by atoms with Gasteiger partial charge in [0.15, 0.2) is 5.76 Å². The van der Waals surface area contributed by atoms with Crippen LogP contribution in [0, 0.1) is 6.92 Å². The quantitative estimate of drug-likeness (QED) is 0.692. The van der Waals surface area contributed by atoms with Gasteiger partial charge in [-0.05, 0) is 12.3 Å². The number of carbonyl (C=O) groups excluding carboxylic acids is 1. The van der Waals surface area contributed by atoms with Crippen LogP contribution in [0.4, 0.5) is 0 Å². The Bertz CT molecular complexity index is 740. The highest BCUT2D eigenvalue weighted by atomic mass is 16.3. The fourth-order valence-electron chi connectivity index (χ4n) is 2.18. The van der Waals surface area contributed by atoms with Gasteiger partial charge in [0, 0.05) is 16.3 Å². The second kappa shape index (κ2) is 3.35. The first kappa shape index (κ1) is 9.90. The van der Waals surface area contributed by atoms with Gasteiger partial charge < -0.3 is 10.2 Å². The molecule has 2 aromatic carbocycles. The van der Waals surface area contributed by atoms with Crippen LogP contribution in [0.2, 0.25) is 0 Å². The number of amides is 1. The lowest BCUT2D eigenvalue weighted by molar-refractivity contribution is 0.0975. The zero-order chi connectivity index (χ0) is 12.0. The second-order valence-electron chi connectivity index (χ2n) is 4.08. The summed E-state index contributed by atoms with van der Waals surface area (Å²) >= 11 is 0. The van der Waals surface area contributed by atoms with Gasteiger partial charge in [0.2, 0.25) is 0 Å². The molecule has 3 rings (SSSR count). The number of benzene rings is 2. The SMILES string of the molecule is Cc1c(C(N)=O)oc2c1ccc1ccccc12. The van der Waals surface area contributed by atoms with Crippen molar-refractivity contribution in [2.75, 3.05) is 0 Å². The van der Waals surface area contributed by atoms with Gasteiger partial charge >= 0.3 is 0 Å². The molecule has 3 aromatic rings. The molecule has 1 heterocycles. The fraction of sp³-hybridized carbons (Fsp3) is 0.0714. The van der Waals surface area contributed by atoms with Crippen LogP contribution in [0.3, 0.4) is 0 Å². The van der Waals surface area contributed by atoms with E-state index in [1.165, 1.54) is 0 Å². The lowest BCUT2D eigenvalue weighted by Gasteiger charge is -1.97. The fourth-order valence-corrected chi connectivity index (χ4v) is 2.18. The molecule has 84 valence electrons. The summed E-state index contributed by atoms with van der Waals surface area (Å²) in [5.74, 6) is -0.279. The number of rotatable bonds is 1. The highest BCUT2D eigenvalue weighted by Crippen LogP contribution is 2.31. The minimum absolute atomic E-state index is 0.247. The van der Waals surface area contributed by atoms with Crippen LogP contribution in [0.15, 0.2) is 40.8 Å². The largest absolute Gasteiger partial charge is 0.450 e. The Kier molecular flexibility index (Phi) is 1.95. The van der Waals surface area contributed by atoms with Gasteiger partial charge in [-0.1, -0.05) is 36.4 Å². The Balaban J connectivity index is 2.51. The molecule has 0 fully saturated rings. The summed E-state index contributed by atoms with van der Waals surface area (Å²) in [5.41, 5.74) is 6.82. The van der Waals surface area contributed by atoms with Gasteiger partial charge in [0.25, 0.3) is 5.91 Å². The average Bonchev–Trinajstić information content (AvgIpc) is 2.67. The summed E-state index contributed by atoms with van der Waals surface area (Å²) < 4.78 is 5.60. The molecule has 0 radical (unpaired) electrons. The van der Waals surface area contributed by atoms with Crippen molar-refractivity contribution in [2.24, 2.45) is 5.73 Å². The zero-order valence-electron chi connectivity index (χ0n) is 9.36. The Morgan fingerprint density at radius 2 is 1.88 bits per heavy atom. The molecule has 0 aliphatic rings. The van der Waals surface area contributed by atoms with Crippen LogP contribution in [0.25, 0.3) is 21.7 Å². The number of primary amides is 1. The molecule has 0 aliphatic carbocycles.